The van der Waals surface area contributed by atoms with Crippen LogP contribution in [0.4, 0.5) is 8.78 Å². The number of aliphatic hydroxyl groups excluding tert-OH is 1. The van der Waals surface area contributed by atoms with Crippen LogP contribution in [0.15, 0.2) is 60.8 Å². The topological polar surface area (TPSA) is 33.1 Å². The lowest BCUT2D eigenvalue weighted by atomic mass is 10.0. The lowest BCUT2D eigenvalue weighted by Gasteiger charge is -2.10. The van der Waals surface area contributed by atoms with E-state index in [1.54, 1.807) is 36.5 Å². The lowest BCUT2D eigenvalue weighted by molar-refractivity contribution is 0.282. The smallest absolute Gasteiger partial charge is 0.123 e. The van der Waals surface area contributed by atoms with Crippen molar-refractivity contribution in [2.75, 3.05) is 0 Å². The van der Waals surface area contributed by atoms with Gasteiger partial charge in [-0.3, -0.25) is 4.98 Å². The Morgan fingerprint density at radius 3 is 2.09 bits per heavy atom. The van der Waals surface area contributed by atoms with Crippen LogP contribution in [0.5, 0.6) is 0 Å². The van der Waals surface area contributed by atoms with E-state index >= 15 is 0 Å². The van der Waals surface area contributed by atoms with Gasteiger partial charge in [0.05, 0.1) is 12.3 Å². The number of hydrogen-bond acceptors (Lipinski definition) is 2. The molecule has 1 aromatic heterocycles. The van der Waals surface area contributed by atoms with Gasteiger partial charge in [-0.05, 0) is 35.9 Å². The molecule has 22 heavy (non-hydrogen) atoms. The molecule has 0 saturated carbocycles. The van der Waals surface area contributed by atoms with E-state index in [-0.39, 0.29) is 18.2 Å². The molecular formula is C18H13F2NO. The highest BCUT2D eigenvalue weighted by Gasteiger charge is 2.10. The lowest BCUT2D eigenvalue weighted by Crippen LogP contribution is -1.95. The van der Waals surface area contributed by atoms with Crippen LogP contribution in [0.1, 0.15) is 5.56 Å². The first-order chi connectivity index (χ1) is 10.7. The molecule has 1 N–H and O–H groups in total. The molecule has 3 aromatic rings. The van der Waals surface area contributed by atoms with Gasteiger partial charge in [0.2, 0.25) is 0 Å². The number of rotatable bonds is 3. The van der Waals surface area contributed by atoms with E-state index in [9.17, 15) is 13.9 Å². The summed E-state index contributed by atoms with van der Waals surface area (Å²) in [5.41, 5.74) is 3.04. The monoisotopic (exact) mass is 297 g/mol. The Balaban J connectivity index is 2.08. The number of benzene rings is 2. The molecule has 4 heteroatoms. The summed E-state index contributed by atoms with van der Waals surface area (Å²) in [6.07, 6.45) is 1.59. The molecule has 0 atom stereocenters. The summed E-state index contributed by atoms with van der Waals surface area (Å²) < 4.78 is 26.7. The molecule has 0 aliphatic rings. The maximum Gasteiger partial charge on any atom is 0.123 e. The minimum atomic E-state index is -0.364. The third kappa shape index (κ3) is 2.87. The molecule has 1 heterocycles. The van der Waals surface area contributed by atoms with Crippen molar-refractivity contribution in [3.63, 3.8) is 0 Å². The Labute approximate surface area is 126 Å². The van der Waals surface area contributed by atoms with Crippen LogP contribution >= 0.6 is 0 Å². The molecule has 0 bridgehead atoms. The van der Waals surface area contributed by atoms with Crippen molar-refractivity contribution in [1.29, 1.82) is 0 Å². The zero-order valence-electron chi connectivity index (χ0n) is 11.6. The summed E-state index contributed by atoms with van der Waals surface area (Å²) in [4.78, 5) is 4.32. The number of aromatic nitrogens is 1. The van der Waals surface area contributed by atoms with Gasteiger partial charge in [0, 0.05) is 22.9 Å². The minimum Gasteiger partial charge on any atom is -0.392 e. The van der Waals surface area contributed by atoms with Gasteiger partial charge in [0.1, 0.15) is 11.6 Å². The molecule has 0 aliphatic carbocycles. The molecule has 0 amide bonds. The number of pyridine rings is 1. The van der Waals surface area contributed by atoms with Gasteiger partial charge in [0.25, 0.3) is 0 Å². The van der Waals surface area contributed by atoms with Crippen molar-refractivity contribution in [1.82, 2.24) is 4.98 Å². The first-order valence-electron chi connectivity index (χ1n) is 6.79. The predicted octanol–water partition coefficient (Wildman–Crippen LogP) is 4.19. The van der Waals surface area contributed by atoms with E-state index in [4.69, 9.17) is 0 Å². The van der Waals surface area contributed by atoms with Crippen molar-refractivity contribution in [2.45, 2.75) is 6.61 Å². The average Bonchev–Trinajstić information content (AvgIpc) is 2.54. The summed E-state index contributed by atoms with van der Waals surface area (Å²) in [6.45, 7) is -0.234. The zero-order chi connectivity index (χ0) is 15.5. The highest BCUT2D eigenvalue weighted by Crippen LogP contribution is 2.27. The standard InChI is InChI=1S/C18H13F2NO/c19-16-5-1-3-12(8-16)14-7-15(11-22)18(21-10-14)13-4-2-6-17(20)9-13/h1-10,22H,11H2. The Kier molecular flexibility index (Phi) is 3.94. The molecule has 0 spiro atoms. The molecule has 0 saturated heterocycles. The van der Waals surface area contributed by atoms with Gasteiger partial charge in [-0.15, -0.1) is 0 Å². The van der Waals surface area contributed by atoms with Crippen LogP contribution in [0.3, 0.4) is 0 Å². The van der Waals surface area contributed by atoms with Gasteiger partial charge in [-0.2, -0.15) is 0 Å². The van der Waals surface area contributed by atoms with Crippen molar-refractivity contribution in [3.05, 3.63) is 78.0 Å². The predicted molar refractivity (Wildman–Crippen MR) is 80.9 cm³/mol. The molecule has 0 fully saturated rings. The van der Waals surface area contributed by atoms with Gasteiger partial charge >= 0.3 is 0 Å². The molecule has 0 aliphatic heterocycles. The first kappa shape index (κ1) is 14.4. The van der Waals surface area contributed by atoms with Crippen molar-refractivity contribution in [2.24, 2.45) is 0 Å². The number of nitrogens with zero attached hydrogens (tertiary/aromatic N) is 1. The van der Waals surface area contributed by atoms with Crippen molar-refractivity contribution < 1.29 is 13.9 Å². The second-order valence-corrected chi connectivity index (χ2v) is 4.91. The minimum absolute atomic E-state index is 0.234. The summed E-state index contributed by atoms with van der Waals surface area (Å²) in [6, 6.07) is 13.9. The largest absolute Gasteiger partial charge is 0.392 e. The van der Waals surface area contributed by atoms with Crippen molar-refractivity contribution in [3.8, 4) is 22.4 Å². The second-order valence-electron chi connectivity index (χ2n) is 4.91. The number of hydrogen-bond donors (Lipinski definition) is 1. The summed E-state index contributed by atoms with van der Waals surface area (Å²) in [5, 5.41) is 9.57. The Bertz CT molecular complexity index is 818. The second kappa shape index (κ2) is 6.03. The van der Waals surface area contributed by atoms with Crippen LogP contribution in [0.25, 0.3) is 22.4 Å². The van der Waals surface area contributed by atoms with Gasteiger partial charge < -0.3 is 5.11 Å². The maximum absolute atomic E-state index is 13.3. The molecule has 2 aromatic carbocycles. The van der Waals surface area contributed by atoms with Crippen LogP contribution < -0.4 is 0 Å². The first-order valence-corrected chi connectivity index (χ1v) is 6.79. The van der Waals surface area contributed by atoms with E-state index in [1.807, 2.05) is 0 Å². The number of halogens is 2. The van der Waals surface area contributed by atoms with E-state index in [1.165, 1.54) is 24.3 Å². The van der Waals surface area contributed by atoms with Crippen LogP contribution in [-0.4, -0.2) is 10.1 Å². The molecule has 110 valence electrons. The van der Waals surface area contributed by atoms with Crippen LogP contribution in [-0.2, 0) is 6.61 Å². The van der Waals surface area contributed by atoms with E-state index in [0.29, 0.717) is 27.9 Å². The summed E-state index contributed by atoms with van der Waals surface area (Å²) in [7, 11) is 0. The summed E-state index contributed by atoms with van der Waals surface area (Å²) in [5.74, 6) is -0.699. The van der Waals surface area contributed by atoms with Gasteiger partial charge in [0.15, 0.2) is 0 Å². The molecule has 0 unspecified atom stereocenters. The van der Waals surface area contributed by atoms with E-state index in [0.717, 1.165) is 0 Å². The fourth-order valence-electron chi connectivity index (χ4n) is 2.35. The normalized spacial score (nSPS) is 10.7. The summed E-state index contributed by atoms with van der Waals surface area (Å²) >= 11 is 0. The third-order valence-electron chi connectivity index (χ3n) is 3.39. The van der Waals surface area contributed by atoms with E-state index < -0.39 is 0 Å². The van der Waals surface area contributed by atoms with Crippen LogP contribution in [0, 0.1) is 11.6 Å². The molecule has 3 rings (SSSR count). The fraction of sp³-hybridized carbons (Fsp3) is 0.0556. The third-order valence-corrected chi connectivity index (χ3v) is 3.39. The Hall–Kier alpha value is -2.59. The molecular weight excluding hydrogens is 284 g/mol. The molecule has 2 nitrogen and oxygen atoms in total. The Morgan fingerprint density at radius 1 is 0.818 bits per heavy atom. The Morgan fingerprint density at radius 2 is 1.45 bits per heavy atom. The van der Waals surface area contributed by atoms with E-state index in [2.05, 4.69) is 4.98 Å². The van der Waals surface area contributed by atoms with Gasteiger partial charge in [-0.25, -0.2) is 8.78 Å². The number of aliphatic hydroxyl groups is 1. The van der Waals surface area contributed by atoms with Gasteiger partial charge in [-0.1, -0.05) is 24.3 Å². The SMILES string of the molecule is OCc1cc(-c2cccc(F)c2)cnc1-c1cccc(F)c1. The average molecular weight is 297 g/mol. The van der Waals surface area contributed by atoms with Crippen LogP contribution in [0.2, 0.25) is 0 Å². The molecule has 0 radical (unpaired) electrons. The maximum atomic E-state index is 13.3. The highest BCUT2D eigenvalue weighted by molar-refractivity contribution is 5.69. The zero-order valence-corrected chi connectivity index (χ0v) is 11.6. The fourth-order valence-corrected chi connectivity index (χ4v) is 2.35. The highest BCUT2D eigenvalue weighted by atomic mass is 19.1. The van der Waals surface area contributed by atoms with Crippen molar-refractivity contribution >= 4 is 0 Å². The quantitative estimate of drug-likeness (QED) is 0.786.